The van der Waals surface area contributed by atoms with Crippen molar-refractivity contribution in [3.05, 3.63) is 0 Å². The van der Waals surface area contributed by atoms with Gasteiger partial charge in [-0.2, -0.15) is 13.2 Å². The lowest BCUT2D eigenvalue weighted by Crippen LogP contribution is -2.31. The molecule has 0 aromatic carbocycles. The second-order valence-electron chi connectivity index (χ2n) is 3.63. The Balaban J connectivity index is 4.23. The fraction of sp³-hybridized carbons (Fsp3) is 1.00. The maximum absolute atomic E-state index is 11.9. The first-order valence-electron chi connectivity index (χ1n) is 3.22. The van der Waals surface area contributed by atoms with Crippen molar-refractivity contribution >= 4 is 0 Å². The normalized spacial score (nSPS) is 17.1. The lowest BCUT2D eigenvalue weighted by Gasteiger charge is -2.28. The van der Waals surface area contributed by atoms with Crippen molar-refractivity contribution in [1.29, 1.82) is 0 Å². The Hall–Kier alpha value is -0.210. The van der Waals surface area contributed by atoms with E-state index in [9.17, 15) is 13.2 Å². The highest BCUT2D eigenvalue weighted by Gasteiger charge is 2.42. The van der Waals surface area contributed by atoms with Crippen LogP contribution in [0.2, 0.25) is 0 Å². The van der Waals surface area contributed by atoms with Gasteiger partial charge in [0.05, 0.1) is 5.92 Å². The molecular formula is C7H13F3. The lowest BCUT2D eigenvalue weighted by atomic mass is 9.82. The van der Waals surface area contributed by atoms with Gasteiger partial charge in [-0.05, 0) is 5.41 Å². The molecule has 62 valence electrons. The zero-order valence-corrected chi connectivity index (χ0v) is 6.71. The highest BCUT2D eigenvalue weighted by atomic mass is 19.4. The third-order valence-electron chi connectivity index (χ3n) is 1.79. The van der Waals surface area contributed by atoms with E-state index in [2.05, 4.69) is 0 Å². The number of hydrogen-bond acceptors (Lipinski definition) is 0. The summed E-state index contributed by atoms with van der Waals surface area (Å²) >= 11 is 0. The van der Waals surface area contributed by atoms with Gasteiger partial charge in [0.2, 0.25) is 0 Å². The van der Waals surface area contributed by atoms with Gasteiger partial charge in [0, 0.05) is 0 Å². The standard InChI is InChI=1S/C7H13F3/c1-5(6(2,3)4)7(8,9)10/h5H,1-4H3. The van der Waals surface area contributed by atoms with Gasteiger partial charge in [0.25, 0.3) is 0 Å². The molecule has 0 amide bonds. The molecule has 0 radical (unpaired) electrons. The Labute approximate surface area is 59.4 Å². The van der Waals surface area contributed by atoms with Gasteiger partial charge < -0.3 is 0 Å². The van der Waals surface area contributed by atoms with Crippen LogP contribution < -0.4 is 0 Å². The molecule has 0 heterocycles. The molecule has 0 N–H and O–H groups in total. The molecule has 0 aromatic rings. The van der Waals surface area contributed by atoms with E-state index < -0.39 is 17.5 Å². The van der Waals surface area contributed by atoms with Crippen LogP contribution in [0.15, 0.2) is 0 Å². The molecule has 0 saturated carbocycles. The average Bonchev–Trinajstić information content (AvgIpc) is 1.59. The summed E-state index contributed by atoms with van der Waals surface area (Å²) < 4.78 is 35.8. The Kier molecular flexibility index (Phi) is 2.39. The van der Waals surface area contributed by atoms with Crippen molar-refractivity contribution in [2.24, 2.45) is 11.3 Å². The van der Waals surface area contributed by atoms with Gasteiger partial charge in [-0.15, -0.1) is 0 Å². The fourth-order valence-electron chi connectivity index (χ4n) is 0.491. The summed E-state index contributed by atoms with van der Waals surface area (Å²) in [5.74, 6) is -1.24. The third kappa shape index (κ3) is 2.58. The van der Waals surface area contributed by atoms with E-state index in [0.717, 1.165) is 0 Å². The molecule has 0 aliphatic heterocycles. The van der Waals surface area contributed by atoms with Gasteiger partial charge in [-0.25, -0.2) is 0 Å². The number of alkyl halides is 3. The average molecular weight is 154 g/mol. The van der Waals surface area contributed by atoms with E-state index in [1.807, 2.05) is 0 Å². The van der Waals surface area contributed by atoms with E-state index in [4.69, 9.17) is 0 Å². The first-order chi connectivity index (χ1) is 4.15. The van der Waals surface area contributed by atoms with Crippen LogP contribution in [0.4, 0.5) is 13.2 Å². The smallest absolute Gasteiger partial charge is 0.171 e. The van der Waals surface area contributed by atoms with Crippen LogP contribution in [0.25, 0.3) is 0 Å². The van der Waals surface area contributed by atoms with Crippen molar-refractivity contribution in [2.75, 3.05) is 0 Å². The van der Waals surface area contributed by atoms with Gasteiger partial charge in [0.1, 0.15) is 0 Å². The SMILES string of the molecule is CC(C(C)(C)C)C(F)(F)F. The molecule has 0 nitrogen and oxygen atoms in total. The fourth-order valence-corrected chi connectivity index (χ4v) is 0.491. The van der Waals surface area contributed by atoms with E-state index in [1.165, 1.54) is 6.92 Å². The van der Waals surface area contributed by atoms with E-state index in [-0.39, 0.29) is 0 Å². The highest BCUT2D eigenvalue weighted by molar-refractivity contribution is 4.75. The minimum absolute atomic E-state index is 0.682. The van der Waals surface area contributed by atoms with Gasteiger partial charge in [-0.3, -0.25) is 0 Å². The quantitative estimate of drug-likeness (QED) is 0.502. The summed E-state index contributed by atoms with van der Waals surface area (Å²) in [5.41, 5.74) is -0.682. The number of halogens is 3. The molecule has 0 aliphatic rings. The summed E-state index contributed by atoms with van der Waals surface area (Å²) in [6, 6.07) is 0. The van der Waals surface area contributed by atoms with Crippen LogP contribution >= 0.6 is 0 Å². The maximum Gasteiger partial charge on any atom is 0.392 e. The molecule has 3 heteroatoms. The van der Waals surface area contributed by atoms with Crippen LogP contribution in [-0.2, 0) is 0 Å². The second-order valence-corrected chi connectivity index (χ2v) is 3.63. The van der Waals surface area contributed by atoms with Crippen molar-refractivity contribution in [1.82, 2.24) is 0 Å². The number of hydrogen-bond donors (Lipinski definition) is 0. The Morgan fingerprint density at radius 2 is 1.30 bits per heavy atom. The van der Waals surface area contributed by atoms with Crippen LogP contribution in [0.3, 0.4) is 0 Å². The molecule has 1 atom stereocenters. The zero-order valence-electron chi connectivity index (χ0n) is 6.71. The van der Waals surface area contributed by atoms with E-state index in [1.54, 1.807) is 20.8 Å². The molecule has 0 spiro atoms. The lowest BCUT2D eigenvalue weighted by molar-refractivity contribution is -0.194. The molecule has 0 aromatic heterocycles. The van der Waals surface area contributed by atoms with Crippen molar-refractivity contribution in [3.8, 4) is 0 Å². The molecule has 10 heavy (non-hydrogen) atoms. The summed E-state index contributed by atoms with van der Waals surface area (Å²) in [4.78, 5) is 0. The molecule has 0 saturated heterocycles. The van der Waals surface area contributed by atoms with Crippen LogP contribution in [0.1, 0.15) is 27.7 Å². The van der Waals surface area contributed by atoms with Crippen molar-refractivity contribution < 1.29 is 13.2 Å². The van der Waals surface area contributed by atoms with Gasteiger partial charge in [-0.1, -0.05) is 27.7 Å². The van der Waals surface area contributed by atoms with Crippen molar-refractivity contribution in [3.63, 3.8) is 0 Å². The monoisotopic (exact) mass is 154 g/mol. The van der Waals surface area contributed by atoms with Gasteiger partial charge in [0.15, 0.2) is 0 Å². The minimum atomic E-state index is -4.06. The largest absolute Gasteiger partial charge is 0.392 e. The molecule has 0 fully saturated rings. The first kappa shape index (κ1) is 9.79. The van der Waals surface area contributed by atoms with Crippen molar-refractivity contribution in [2.45, 2.75) is 33.9 Å². The third-order valence-corrected chi connectivity index (χ3v) is 1.79. The molecule has 0 aliphatic carbocycles. The summed E-state index contributed by atoms with van der Waals surface area (Å²) in [7, 11) is 0. The predicted molar refractivity (Wildman–Crippen MR) is 34.7 cm³/mol. The Morgan fingerprint density at radius 3 is 1.30 bits per heavy atom. The van der Waals surface area contributed by atoms with Gasteiger partial charge >= 0.3 is 6.18 Å². The zero-order chi connectivity index (χ0) is 8.58. The minimum Gasteiger partial charge on any atom is -0.171 e. The molecule has 0 rings (SSSR count). The molecule has 1 unspecified atom stereocenters. The summed E-state index contributed by atoms with van der Waals surface area (Å²) in [6.07, 6.45) is -4.06. The summed E-state index contributed by atoms with van der Waals surface area (Å²) in [5, 5.41) is 0. The number of rotatable bonds is 0. The topological polar surface area (TPSA) is 0 Å². The van der Waals surface area contributed by atoms with E-state index in [0.29, 0.717) is 0 Å². The second kappa shape index (κ2) is 2.44. The Morgan fingerprint density at radius 1 is 1.00 bits per heavy atom. The molecule has 0 bridgehead atoms. The first-order valence-corrected chi connectivity index (χ1v) is 3.22. The highest BCUT2D eigenvalue weighted by Crippen LogP contribution is 2.38. The van der Waals surface area contributed by atoms with Crippen LogP contribution in [0.5, 0.6) is 0 Å². The van der Waals surface area contributed by atoms with Crippen LogP contribution in [0, 0.1) is 11.3 Å². The molecular weight excluding hydrogens is 141 g/mol. The van der Waals surface area contributed by atoms with Crippen LogP contribution in [-0.4, -0.2) is 6.18 Å². The maximum atomic E-state index is 11.9. The predicted octanol–water partition coefficient (Wildman–Crippen LogP) is 3.23. The van der Waals surface area contributed by atoms with E-state index >= 15 is 0 Å². The summed E-state index contributed by atoms with van der Waals surface area (Å²) in [6.45, 7) is 5.97. The Bertz CT molecular complexity index is 93.0.